The molecule has 33 heavy (non-hydrogen) atoms. The monoisotopic (exact) mass is 469 g/mol. The Morgan fingerprint density at radius 2 is 2.09 bits per heavy atom. The van der Waals surface area contributed by atoms with Gasteiger partial charge in [0.2, 0.25) is 5.91 Å². The van der Waals surface area contributed by atoms with Crippen LogP contribution in [-0.2, 0) is 16.0 Å². The summed E-state index contributed by atoms with van der Waals surface area (Å²) in [5, 5.41) is 16.3. The Morgan fingerprint density at radius 3 is 2.73 bits per heavy atom. The second-order valence-corrected chi connectivity index (χ2v) is 10.6. The molecule has 6 nitrogen and oxygen atoms in total. The number of likely N-dealkylation sites (tertiary alicyclic amines) is 1. The van der Waals surface area contributed by atoms with Crippen LogP contribution in [0.15, 0.2) is 35.0 Å². The van der Waals surface area contributed by atoms with E-state index in [4.69, 9.17) is 4.74 Å². The van der Waals surface area contributed by atoms with Crippen LogP contribution < -0.4 is 5.32 Å². The molecule has 2 aromatic rings. The molecule has 174 valence electrons. The fraction of sp³-hybridized carbons (Fsp3) is 0.480. The maximum absolute atomic E-state index is 14.7. The summed E-state index contributed by atoms with van der Waals surface area (Å²) in [6, 6.07) is 7.32. The number of benzene rings is 1. The highest BCUT2D eigenvalue weighted by Gasteiger charge is 2.52. The number of nitriles is 1. The third-order valence-corrected chi connectivity index (χ3v) is 6.95. The van der Waals surface area contributed by atoms with Crippen molar-refractivity contribution in [2.24, 2.45) is 5.92 Å². The van der Waals surface area contributed by atoms with Crippen LogP contribution in [0.25, 0.3) is 11.1 Å². The standard InChI is InChI=1S/C25H28FN3O3S/c1-25(2,3)32-24(31)29-20-7-6-17(11-20)22(29)23(30)28-19(13-27)10-16-5-4-15(12-21(16)26)18-8-9-33-14-18/h4-5,8-9,12,14,17,19-20,22H,6-7,10-11H2,1-3H3,(H,28,30)/t17-,19-,20+,22-/m0/s1. The van der Waals surface area contributed by atoms with E-state index < -0.39 is 29.6 Å². The number of nitrogens with one attached hydrogen (secondary N) is 1. The second kappa shape index (κ2) is 9.14. The third kappa shape index (κ3) is 5.03. The van der Waals surface area contributed by atoms with E-state index in [-0.39, 0.29) is 24.3 Å². The van der Waals surface area contributed by atoms with E-state index in [0.29, 0.717) is 5.56 Å². The summed E-state index contributed by atoms with van der Waals surface area (Å²) in [7, 11) is 0. The fourth-order valence-electron chi connectivity index (χ4n) is 4.83. The zero-order valence-corrected chi connectivity index (χ0v) is 19.8. The van der Waals surface area contributed by atoms with E-state index in [1.165, 1.54) is 17.4 Å². The molecule has 4 atom stereocenters. The number of thiophene rings is 1. The molecule has 1 N–H and O–H groups in total. The van der Waals surface area contributed by atoms with Crippen molar-refractivity contribution in [1.29, 1.82) is 5.26 Å². The number of carbonyl (C=O) groups excluding carboxylic acids is 2. The average molecular weight is 470 g/mol. The Morgan fingerprint density at radius 1 is 1.30 bits per heavy atom. The van der Waals surface area contributed by atoms with Gasteiger partial charge in [0.05, 0.1) is 6.07 Å². The molecule has 2 heterocycles. The molecule has 1 saturated heterocycles. The first kappa shape index (κ1) is 23.2. The van der Waals surface area contributed by atoms with Gasteiger partial charge in [0.1, 0.15) is 23.5 Å². The fourth-order valence-corrected chi connectivity index (χ4v) is 5.50. The van der Waals surface area contributed by atoms with Gasteiger partial charge in [-0.05, 0) is 85.5 Å². The van der Waals surface area contributed by atoms with Gasteiger partial charge in [0.25, 0.3) is 0 Å². The molecule has 0 radical (unpaired) electrons. The molecule has 8 heteroatoms. The van der Waals surface area contributed by atoms with Gasteiger partial charge in [-0.3, -0.25) is 9.69 Å². The second-order valence-electron chi connectivity index (χ2n) is 9.77. The largest absolute Gasteiger partial charge is 0.444 e. The van der Waals surface area contributed by atoms with Crippen molar-refractivity contribution < 1.29 is 18.7 Å². The van der Waals surface area contributed by atoms with Gasteiger partial charge in [0.15, 0.2) is 0 Å². The van der Waals surface area contributed by atoms with Crippen molar-refractivity contribution in [3.05, 3.63) is 46.4 Å². The van der Waals surface area contributed by atoms with Gasteiger partial charge < -0.3 is 10.1 Å². The summed E-state index contributed by atoms with van der Waals surface area (Å²) in [4.78, 5) is 27.5. The minimum Gasteiger partial charge on any atom is -0.444 e. The van der Waals surface area contributed by atoms with Gasteiger partial charge >= 0.3 is 6.09 Å². The summed E-state index contributed by atoms with van der Waals surface area (Å²) >= 11 is 1.54. The number of amides is 2. The molecule has 2 aliphatic rings. The van der Waals surface area contributed by atoms with E-state index >= 15 is 0 Å². The maximum atomic E-state index is 14.7. The minimum atomic E-state index is -0.904. The van der Waals surface area contributed by atoms with Crippen molar-refractivity contribution >= 4 is 23.3 Å². The first-order valence-corrected chi connectivity index (χ1v) is 12.1. The minimum absolute atomic E-state index is 0.0248. The van der Waals surface area contributed by atoms with Crippen LogP contribution in [0.1, 0.15) is 45.6 Å². The van der Waals surface area contributed by atoms with E-state index in [0.717, 1.165) is 30.4 Å². The Labute approximate surface area is 197 Å². The third-order valence-electron chi connectivity index (χ3n) is 6.26. The lowest BCUT2D eigenvalue weighted by atomic mass is 9.97. The summed E-state index contributed by atoms with van der Waals surface area (Å²) in [6.45, 7) is 5.37. The van der Waals surface area contributed by atoms with E-state index in [2.05, 4.69) is 11.4 Å². The smallest absolute Gasteiger partial charge is 0.411 e. The highest BCUT2D eigenvalue weighted by atomic mass is 32.1. The highest BCUT2D eigenvalue weighted by Crippen LogP contribution is 2.43. The number of rotatable bonds is 5. The van der Waals surface area contributed by atoms with Crippen LogP contribution in [0.4, 0.5) is 9.18 Å². The lowest BCUT2D eigenvalue weighted by Gasteiger charge is -2.35. The van der Waals surface area contributed by atoms with Crippen molar-refractivity contribution in [2.75, 3.05) is 0 Å². The van der Waals surface area contributed by atoms with Crippen molar-refractivity contribution in [3.8, 4) is 17.2 Å². The van der Waals surface area contributed by atoms with Crippen LogP contribution >= 0.6 is 11.3 Å². The molecule has 1 aliphatic carbocycles. The quantitative estimate of drug-likeness (QED) is 0.676. The number of hydrogen-bond donors (Lipinski definition) is 1. The number of piperidine rings is 1. The predicted octanol–water partition coefficient (Wildman–Crippen LogP) is 4.89. The number of fused-ring (bicyclic) bond motifs is 2. The first-order chi connectivity index (χ1) is 15.7. The number of halogens is 1. The summed E-state index contributed by atoms with van der Waals surface area (Å²) in [6.07, 6.45) is 2.01. The van der Waals surface area contributed by atoms with Crippen LogP contribution in [0.5, 0.6) is 0 Å². The van der Waals surface area contributed by atoms with Crippen LogP contribution in [0.3, 0.4) is 0 Å². The van der Waals surface area contributed by atoms with Crippen LogP contribution in [-0.4, -0.2) is 40.6 Å². The van der Waals surface area contributed by atoms with Gasteiger partial charge in [-0.15, -0.1) is 0 Å². The molecular formula is C25H28FN3O3S. The molecule has 1 aromatic carbocycles. The Kier molecular flexibility index (Phi) is 6.44. The number of carbonyl (C=O) groups is 2. The van der Waals surface area contributed by atoms with Crippen molar-refractivity contribution in [2.45, 2.75) is 70.2 Å². The van der Waals surface area contributed by atoms with Gasteiger partial charge in [-0.25, -0.2) is 9.18 Å². The number of ether oxygens (including phenoxy) is 1. The lowest BCUT2D eigenvalue weighted by molar-refractivity contribution is -0.128. The number of nitrogens with zero attached hydrogens (tertiary/aromatic N) is 2. The molecule has 1 saturated carbocycles. The predicted molar refractivity (Wildman–Crippen MR) is 124 cm³/mol. The topological polar surface area (TPSA) is 82.4 Å². The maximum Gasteiger partial charge on any atom is 0.411 e. The molecule has 2 bridgehead atoms. The normalized spacial score (nSPS) is 22.6. The molecule has 4 rings (SSSR count). The molecule has 2 fully saturated rings. The van der Waals surface area contributed by atoms with E-state index in [1.54, 1.807) is 31.7 Å². The molecule has 2 amide bonds. The number of hydrogen-bond acceptors (Lipinski definition) is 5. The SMILES string of the molecule is CC(C)(C)OC(=O)N1[C@@H]2CC[C@@H](C2)[C@H]1C(=O)N[C@H](C#N)Cc1ccc(-c2ccsc2)cc1F. The Hall–Kier alpha value is -2.92. The van der Waals surface area contributed by atoms with Gasteiger partial charge in [0, 0.05) is 12.5 Å². The summed E-state index contributed by atoms with van der Waals surface area (Å²) in [5.41, 5.74) is 1.40. The molecule has 0 unspecified atom stereocenters. The Bertz CT molecular complexity index is 1070. The van der Waals surface area contributed by atoms with Crippen molar-refractivity contribution in [1.82, 2.24) is 10.2 Å². The van der Waals surface area contributed by atoms with Crippen LogP contribution in [0.2, 0.25) is 0 Å². The Balaban J connectivity index is 1.45. The molecule has 1 aliphatic heterocycles. The summed E-state index contributed by atoms with van der Waals surface area (Å²) in [5.74, 6) is -0.748. The molecular weight excluding hydrogens is 441 g/mol. The van der Waals surface area contributed by atoms with Gasteiger partial charge in [-0.2, -0.15) is 16.6 Å². The van der Waals surface area contributed by atoms with Crippen LogP contribution in [0, 0.1) is 23.1 Å². The average Bonchev–Trinajstić information content (AvgIpc) is 3.50. The summed E-state index contributed by atoms with van der Waals surface area (Å²) < 4.78 is 20.3. The van der Waals surface area contributed by atoms with E-state index in [1.807, 2.05) is 22.9 Å². The van der Waals surface area contributed by atoms with Gasteiger partial charge in [-0.1, -0.05) is 12.1 Å². The first-order valence-electron chi connectivity index (χ1n) is 11.2. The molecule has 0 spiro atoms. The zero-order valence-electron chi connectivity index (χ0n) is 19.0. The van der Waals surface area contributed by atoms with Crippen molar-refractivity contribution in [3.63, 3.8) is 0 Å². The zero-order chi connectivity index (χ0) is 23.8. The lowest BCUT2D eigenvalue weighted by Crippen LogP contribution is -2.55. The molecule has 1 aromatic heterocycles. The van der Waals surface area contributed by atoms with E-state index in [9.17, 15) is 19.2 Å². The highest BCUT2D eigenvalue weighted by molar-refractivity contribution is 7.08.